The van der Waals surface area contributed by atoms with Gasteiger partial charge in [-0.3, -0.25) is 14.5 Å². The van der Waals surface area contributed by atoms with Gasteiger partial charge in [0.15, 0.2) is 0 Å². The van der Waals surface area contributed by atoms with Crippen LogP contribution in [0.1, 0.15) is 23.8 Å². The standard InChI is InChI=1S/C22H25ClN4O3S/c1-2-15-5-3-4-6-16(15)24-21(28)14-26-9-11-27(12-10-26)22(29)18-13-17(25-30-18)19-7-8-20(23)31-19/h3-8,18H,2,9-14H2,1H3,(H,24,28). The van der Waals surface area contributed by atoms with E-state index in [-0.39, 0.29) is 11.8 Å². The highest BCUT2D eigenvalue weighted by molar-refractivity contribution is 7.18. The second kappa shape index (κ2) is 9.80. The molecule has 9 heteroatoms. The van der Waals surface area contributed by atoms with Crippen LogP contribution in [0.2, 0.25) is 4.34 Å². The number of piperazine rings is 1. The Labute approximate surface area is 190 Å². The van der Waals surface area contributed by atoms with Gasteiger partial charge in [-0.15, -0.1) is 11.3 Å². The van der Waals surface area contributed by atoms with Crippen LogP contribution < -0.4 is 5.32 Å². The fraction of sp³-hybridized carbons (Fsp3) is 0.409. The van der Waals surface area contributed by atoms with Gasteiger partial charge in [-0.05, 0) is 30.2 Å². The summed E-state index contributed by atoms with van der Waals surface area (Å²) in [6.07, 6.45) is 0.733. The highest BCUT2D eigenvalue weighted by Gasteiger charge is 2.34. The Bertz CT molecular complexity index is 985. The molecule has 31 heavy (non-hydrogen) atoms. The van der Waals surface area contributed by atoms with E-state index in [1.807, 2.05) is 36.4 Å². The van der Waals surface area contributed by atoms with Crippen molar-refractivity contribution >= 4 is 46.2 Å². The number of carbonyl (C=O) groups is 2. The molecule has 164 valence electrons. The lowest BCUT2D eigenvalue weighted by Crippen LogP contribution is -2.52. The van der Waals surface area contributed by atoms with Crippen LogP contribution in [0.5, 0.6) is 0 Å². The van der Waals surface area contributed by atoms with Crippen LogP contribution in [0.3, 0.4) is 0 Å². The van der Waals surface area contributed by atoms with E-state index in [1.165, 1.54) is 11.3 Å². The maximum absolute atomic E-state index is 12.8. The largest absolute Gasteiger partial charge is 0.382 e. The van der Waals surface area contributed by atoms with E-state index in [0.717, 1.165) is 28.3 Å². The van der Waals surface area contributed by atoms with Gasteiger partial charge < -0.3 is 15.1 Å². The molecule has 0 radical (unpaired) electrons. The molecule has 1 aromatic heterocycles. The number of thiophene rings is 1. The number of rotatable bonds is 6. The molecule has 1 N–H and O–H groups in total. The number of para-hydroxylation sites is 1. The van der Waals surface area contributed by atoms with Gasteiger partial charge in [-0.25, -0.2) is 0 Å². The van der Waals surface area contributed by atoms with Crippen molar-refractivity contribution in [2.24, 2.45) is 5.16 Å². The number of hydrogen-bond acceptors (Lipinski definition) is 6. The maximum Gasteiger partial charge on any atom is 0.266 e. The summed E-state index contributed by atoms with van der Waals surface area (Å²) >= 11 is 7.41. The fourth-order valence-electron chi connectivity index (χ4n) is 3.80. The number of nitrogens with zero attached hydrogens (tertiary/aromatic N) is 3. The number of benzene rings is 1. The quantitative estimate of drug-likeness (QED) is 0.718. The second-order valence-corrected chi connectivity index (χ2v) is 9.32. The highest BCUT2D eigenvalue weighted by atomic mass is 35.5. The van der Waals surface area contributed by atoms with E-state index >= 15 is 0 Å². The molecule has 2 aliphatic heterocycles. The van der Waals surface area contributed by atoms with Crippen molar-refractivity contribution in [2.75, 3.05) is 38.0 Å². The SMILES string of the molecule is CCc1ccccc1NC(=O)CN1CCN(C(=O)C2CC(c3ccc(Cl)s3)=NO2)CC1. The molecule has 1 fully saturated rings. The van der Waals surface area contributed by atoms with Gasteiger partial charge in [0, 0.05) is 38.3 Å². The first-order valence-electron chi connectivity index (χ1n) is 10.4. The number of nitrogens with one attached hydrogen (secondary N) is 1. The molecule has 1 atom stereocenters. The summed E-state index contributed by atoms with van der Waals surface area (Å²) in [6, 6.07) is 11.6. The molecule has 2 amide bonds. The van der Waals surface area contributed by atoms with Crippen molar-refractivity contribution in [1.29, 1.82) is 0 Å². The van der Waals surface area contributed by atoms with Crippen molar-refractivity contribution in [3.8, 4) is 0 Å². The first-order chi connectivity index (χ1) is 15.0. The summed E-state index contributed by atoms with van der Waals surface area (Å²) in [6.45, 7) is 4.81. The van der Waals surface area contributed by atoms with Gasteiger partial charge in [-0.1, -0.05) is 41.9 Å². The third-order valence-electron chi connectivity index (χ3n) is 5.53. The van der Waals surface area contributed by atoms with Crippen LogP contribution >= 0.6 is 22.9 Å². The van der Waals surface area contributed by atoms with E-state index in [0.29, 0.717) is 43.5 Å². The van der Waals surface area contributed by atoms with Gasteiger partial charge in [0.05, 0.1) is 15.8 Å². The minimum Gasteiger partial charge on any atom is -0.382 e. The number of hydrogen-bond donors (Lipinski definition) is 1. The predicted molar refractivity (Wildman–Crippen MR) is 123 cm³/mol. The maximum atomic E-state index is 12.8. The molecular formula is C22H25ClN4O3S. The topological polar surface area (TPSA) is 74.2 Å². The van der Waals surface area contributed by atoms with Crippen molar-refractivity contribution in [3.05, 3.63) is 51.2 Å². The summed E-state index contributed by atoms with van der Waals surface area (Å²) in [5.41, 5.74) is 2.75. The Balaban J connectivity index is 1.23. The van der Waals surface area contributed by atoms with E-state index < -0.39 is 6.10 Å². The third kappa shape index (κ3) is 5.26. The van der Waals surface area contributed by atoms with Crippen LogP contribution in [0.25, 0.3) is 0 Å². The lowest BCUT2D eigenvalue weighted by molar-refractivity contribution is -0.143. The monoisotopic (exact) mass is 460 g/mol. The fourth-order valence-corrected chi connectivity index (χ4v) is 4.83. The summed E-state index contributed by atoms with van der Waals surface area (Å²) in [7, 11) is 0. The molecule has 1 unspecified atom stereocenters. The minimum atomic E-state index is -0.587. The molecule has 2 aromatic rings. The second-order valence-electron chi connectivity index (χ2n) is 7.60. The average Bonchev–Trinajstić information content (AvgIpc) is 3.43. The molecule has 4 rings (SSSR count). The highest BCUT2D eigenvalue weighted by Crippen LogP contribution is 2.27. The summed E-state index contributed by atoms with van der Waals surface area (Å²) in [5, 5.41) is 7.09. The average molecular weight is 461 g/mol. The number of anilines is 1. The van der Waals surface area contributed by atoms with Crippen LogP contribution in [0.4, 0.5) is 5.69 Å². The van der Waals surface area contributed by atoms with Gasteiger partial charge in [0.1, 0.15) is 5.71 Å². The number of carbonyl (C=O) groups excluding carboxylic acids is 2. The van der Waals surface area contributed by atoms with Crippen LogP contribution in [0.15, 0.2) is 41.6 Å². The summed E-state index contributed by atoms with van der Waals surface area (Å²) in [4.78, 5) is 35.5. The molecule has 1 aromatic carbocycles. The number of halogens is 1. The number of oxime groups is 1. The third-order valence-corrected chi connectivity index (χ3v) is 6.81. The molecular weight excluding hydrogens is 436 g/mol. The molecule has 7 nitrogen and oxygen atoms in total. The predicted octanol–water partition coefficient (Wildman–Crippen LogP) is 3.24. The van der Waals surface area contributed by atoms with Crippen molar-refractivity contribution in [3.63, 3.8) is 0 Å². The van der Waals surface area contributed by atoms with E-state index in [9.17, 15) is 9.59 Å². The minimum absolute atomic E-state index is 0.0348. The van der Waals surface area contributed by atoms with Crippen LogP contribution in [-0.2, 0) is 20.8 Å². The lowest BCUT2D eigenvalue weighted by atomic mass is 10.1. The first kappa shape index (κ1) is 21.8. The van der Waals surface area contributed by atoms with Gasteiger partial charge >= 0.3 is 0 Å². The van der Waals surface area contributed by atoms with Crippen LogP contribution in [0, 0.1) is 0 Å². The number of aryl methyl sites for hydroxylation is 1. The zero-order chi connectivity index (χ0) is 21.8. The van der Waals surface area contributed by atoms with Crippen molar-refractivity contribution in [2.45, 2.75) is 25.9 Å². The van der Waals surface area contributed by atoms with Crippen LogP contribution in [-0.4, -0.2) is 66.2 Å². The first-order valence-corrected chi connectivity index (χ1v) is 11.6. The van der Waals surface area contributed by atoms with Crippen molar-refractivity contribution in [1.82, 2.24) is 9.80 Å². The van der Waals surface area contributed by atoms with E-state index in [2.05, 4.69) is 22.3 Å². The van der Waals surface area contributed by atoms with Gasteiger partial charge in [0.25, 0.3) is 5.91 Å². The zero-order valence-electron chi connectivity index (χ0n) is 17.3. The Kier molecular flexibility index (Phi) is 6.89. The Hall–Kier alpha value is -2.42. The molecule has 1 saturated heterocycles. The molecule has 0 saturated carbocycles. The lowest BCUT2D eigenvalue weighted by Gasteiger charge is -2.35. The summed E-state index contributed by atoms with van der Waals surface area (Å²) < 4.78 is 0.686. The Morgan fingerprint density at radius 2 is 1.97 bits per heavy atom. The zero-order valence-corrected chi connectivity index (χ0v) is 18.9. The molecule has 0 bridgehead atoms. The molecule has 0 spiro atoms. The molecule has 3 heterocycles. The Morgan fingerprint density at radius 1 is 1.19 bits per heavy atom. The molecule has 2 aliphatic rings. The molecule has 0 aliphatic carbocycles. The Morgan fingerprint density at radius 3 is 2.68 bits per heavy atom. The number of amides is 2. The van der Waals surface area contributed by atoms with Crippen molar-refractivity contribution < 1.29 is 14.4 Å². The van der Waals surface area contributed by atoms with E-state index in [4.69, 9.17) is 16.4 Å². The summed E-state index contributed by atoms with van der Waals surface area (Å²) in [5.74, 6) is -0.0881. The van der Waals surface area contributed by atoms with E-state index in [1.54, 1.807) is 4.90 Å². The van der Waals surface area contributed by atoms with Gasteiger partial charge in [0.2, 0.25) is 12.0 Å². The normalized spacial score (nSPS) is 19.1. The smallest absolute Gasteiger partial charge is 0.266 e. The van der Waals surface area contributed by atoms with Gasteiger partial charge in [-0.2, -0.15) is 0 Å².